The predicted molar refractivity (Wildman–Crippen MR) is 116 cm³/mol. The van der Waals surface area contributed by atoms with E-state index in [1.165, 1.54) is 12.1 Å². The van der Waals surface area contributed by atoms with Crippen LogP contribution in [-0.2, 0) is 11.8 Å². The zero-order valence-corrected chi connectivity index (χ0v) is 18.2. The summed E-state index contributed by atoms with van der Waals surface area (Å²) in [6, 6.07) is 10.0. The first-order valence-corrected chi connectivity index (χ1v) is 11.3. The number of hydrogen-bond donors (Lipinski definition) is 2. The van der Waals surface area contributed by atoms with E-state index in [4.69, 9.17) is 0 Å². The van der Waals surface area contributed by atoms with Crippen LogP contribution >= 0.6 is 0 Å². The summed E-state index contributed by atoms with van der Waals surface area (Å²) in [6.07, 6.45) is -3.21. The molecule has 3 aromatic rings. The minimum atomic E-state index is -4.89. The van der Waals surface area contributed by atoms with Gasteiger partial charge in [0, 0.05) is 10.8 Å². The van der Waals surface area contributed by atoms with E-state index in [1.54, 1.807) is 23.0 Å². The van der Waals surface area contributed by atoms with Crippen molar-refractivity contribution in [3.05, 3.63) is 59.5 Å². The highest BCUT2D eigenvalue weighted by molar-refractivity contribution is 5.82. The summed E-state index contributed by atoms with van der Waals surface area (Å²) in [5, 5.41) is 26.6. The molecule has 2 aromatic carbocycles. The van der Waals surface area contributed by atoms with Crippen LogP contribution in [0.1, 0.15) is 50.2 Å². The van der Waals surface area contributed by atoms with Gasteiger partial charge in [-0.2, -0.15) is 18.3 Å². The van der Waals surface area contributed by atoms with E-state index in [-0.39, 0.29) is 12.2 Å². The third-order valence-corrected chi connectivity index (χ3v) is 8.02. The van der Waals surface area contributed by atoms with Gasteiger partial charge in [0.15, 0.2) is 5.60 Å². The number of rotatable bonds is 2. The molecule has 2 aliphatic rings. The lowest BCUT2D eigenvalue weighted by Gasteiger charge is -2.53. The number of nitrogens with zero attached hydrogens (tertiary/aromatic N) is 2. The van der Waals surface area contributed by atoms with Crippen LogP contribution in [0.5, 0.6) is 0 Å². The van der Waals surface area contributed by atoms with Crippen molar-refractivity contribution in [3.63, 3.8) is 0 Å². The fourth-order valence-corrected chi connectivity index (χ4v) is 6.18. The smallest absolute Gasteiger partial charge is 0.389 e. The zero-order chi connectivity index (χ0) is 23.6. The molecule has 1 saturated carbocycles. The van der Waals surface area contributed by atoms with Crippen molar-refractivity contribution in [3.8, 4) is 5.69 Å². The summed E-state index contributed by atoms with van der Waals surface area (Å²) in [5.41, 5.74) is -0.213. The lowest BCUT2D eigenvalue weighted by molar-refractivity contribution is -0.314. The summed E-state index contributed by atoms with van der Waals surface area (Å²) in [4.78, 5) is 0. The van der Waals surface area contributed by atoms with E-state index in [0.29, 0.717) is 31.4 Å². The normalized spacial score (nSPS) is 30.0. The van der Waals surface area contributed by atoms with Crippen LogP contribution in [0.3, 0.4) is 0 Å². The Hall–Kier alpha value is -2.45. The van der Waals surface area contributed by atoms with Crippen molar-refractivity contribution in [1.29, 1.82) is 0 Å². The third kappa shape index (κ3) is 3.21. The molecular weight excluding hydrogens is 436 g/mol. The van der Waals surface area contributed by atoms with Gasteiger partial charge in [-0.3, -0.25) is 0 Å². The van der Waals surface area contributed by atoms with Gasteiger partial charge in [0.05, 0.1) is 23.5 Å². The van der Waals surface area contributed by atoms with E-state index in [1.807, 2.05) is 19.1 Å². The number of alkyl halides is 3. The summed E-state index contributed by atoms with van der Waals surface area (Å²) in [7, 11) is 0. The first-order valence-electron chi connectivity index (χ1n) is 11.3. The molecule has 5 rings (SSSR count). The molecule has 2 N–H and O–H groups in total. The van der Waals surface area contributed by atoms with Gasteiger partial charge in [0.25, 0.3) is 0 Å². The third-order valence-electron chi connectivity index (χ3n) is 8.02. The number of benzene rings is 2. The lowest BCUT2D eigenvalue weighted by atomic mass is 9.55. The molecule has 4 nitrogen and oxygen atoms in total. The fourth-order valence-electron chi connectivity index (χ4n) is 6.18. The number of aliphatic hydroxyl groups is 2. The number of aryl methyl sites for hydroxylation is 1. The number of fused-ring (bicyclic) bond motifs is 4. The van der Waals surface area contributed by atoms with E-state index in [2.05, 4.69) is 5.10 Å². The zero-order valence-electron chi connectivity index (χ0n) is 18.2. The van der Waals surface area contributed by atoms with Crippen LogP contribution in [-0.4, -0.2) is 37.9 Å². The molecule has 1 heterocycles. The summed E-state index contributed by atoms with van der Waals surface area (Å²) in [5.74, 6) is -1.04. The Balaban J connectivity index is 1.64. The molecule has 0 unspecified atom stereocenters. The van der Waals surface area contributed by atoms with Crippen LogP contribution < -0.4 is 0 Å². The van der Waals surface area contributed by atoms with Crippen LogP contribution in [0.25, 0.3) is 16.6 Å². The van der Waals surface area contributed by atoms with Gasteiger partial charge >= 0.3 is 6.18 Å². The van der Waals surface area contributed by atoms with Crippen molar-refractivity contribution >= 4 is 10.9 Å². The fraction of sp³-hybridized carbons (Fsp3) is 0.480. The standard InChI is InChI=1S/C25H26F4N2O2/c1-2-23-10-11-24(33,25(27,28)29)22(32)19(23)5-3-4-15-13-21-16(12-20(15)23)14-30-31(21)18-8-6-17(26)7-9-18/h6-9,12-14,19,22,32-33H,2-5,10-11H2,1H3/t19-,22-,23+,24+/m0/s1. The number of aromatic nitrogens is 2. The quantitative estimate of drug-likeness (QED) is 0.514. The van der Waals surface area contributed by atoms with Gasteiger partial charge in [0.2, 0.25) is 0 Å². The van der Waals surface area contributed by atoms with E-state index < -0.39 is 35.6 Å². The Morgan fingerprint density at radius 3 is 2.55 bits per heavy atom. The Morgan fingerprint density at radius 1 is 1.15 bits per heavy atom. The second kappa shape index (κ2) is 7.53. The van der Waals surface area contributed by atoms with Crippen molar-refractivity contribution in [1.82, 2.24) is 9.78 Å². The van der Waals surface area contributed by atoms with Gasteiger partial charge < -0.3 is 10.2 Å². The van der Waals surface area contributed by atoms with Gasteiger partial charge in [-0.1, -0.05) is 6.92 Å². The van der Waals surface area contributed by atoms with Crippen molar-refractivity contribution in [2.45, 2.75) is 68.7 Å². The van der Waals surface area contributed by atoms with Crippen LogP contribution in [0.4, 0.5) is 17.6 Å². The minimum Gasteiger partial charge on any atom is -0.389 e. The van der Waals surface area contributed by atoms with Crippen molar-refractivity contribution in [2.75, 3.05) is 0 Å². The Bertz CT molecular complexity index is 1190. The number of halogens is 4. The van der Waals surface area contributed by atoms with E-state index >= 15 is 0 Å². The Labute approximate surface area is 188 Å². The summed E-state index contributed by atoms with van der Waals surface area (Å²) >= 11 is 0. The highest BCUT2D eigenvalue weighted by atomic mass is 19.4. The van der Waals surface area contributed by atoms with Crippen LogP contribution in [0, 0.1) is 11.7 Å². The molecular formula is C25H26F4N2O2. The van der Waals surface area contributed by atoms with Crippen molar-refractivity contribution < 1.29 is 27.8 Å². The molecule has 4 atom stereocenters. The summed E-state index contributed by atoms with van der Waals surface area (Å²) in [6.45, 7) is 1.94. The molecule has 33 heavy (non-hydrogen) atoms. The molecule has 8 heteroatoms. The molecule has 0 saturated heterocycles. The van der Waals surface area contributed by atoms with Gasteiger partial charge in [-0.25, -0.2) is 9.07 Å². The second-order valence-corrected chi connectivity index (χ2v) is 9.48. The van der Waals surface area contributed by atoms with Gasteiger partial charge in [0.1, 0.15) is 5.82 Å². The van der Waals surface area contributed by atoms with Crippen LogP contribution in [0.15, 0.2) is 42.6 Å². The number of aliphatic hydroxyl groups excluding tert-OH is 1. The van der Waals surface area contributed by atoms with E-state index in [9.17, 15) is 27.8 Å². The average Bonchev–Trinajstić information content (AvgIpc) is 3.11. The first kappa shape index (κ1) is 22.3. The molecule has 1 aromatic heterocycles. The van der Waals surface area contributed by atoms with Crippen molar-refractivity contribution in [2.24, 2.45) is 5.92 Å². The molecule has 176 valence electrons. The Morgan fingerprint density at radius 2 is 1.88 bits per heavy atom. The lowest BCUT2D eigenvalue weighted by Crippen LogP contribution is -2.64. The van der Waals surface area contributed by atoms with E-state index in [0.717, 1.165) is 22.0 Å². The largest absolute Gasteiger partial charge is 0.419 e. The minimum absolute atomic E-state index is 0.145. The molecule has 0 amide bonds. The number of hydrogen-bond acceptors (Lipinski definition) is 3. The highest BCUT2D eigenvalue weighted by Gasteiger charge is 2.66. The topological polar surface area (TPSA) is 58.3 Å². The van der Waals surface area contributed by atoms with Gasteiger partial charge in [-0.15, -0.1) is 0 Å². The maximum atomic E-state index is 13.7. The molecule has 1 fully saturated rings. The second-order valence-electron chi connectivity index (χ2n) is 9.48. The molecule has 0 aliphatic heterocycles. The molecule has 2 aliphatic carbocycles. The SMILES string of the molecule is CC[C@@]12CC[C@](O)(C(F)(F)F)[C@@H](O)[C@@H]1CCCc1cc3c(cnn3-c3ccc(F)cc3)cc12. The maximum Gasteiger partial charge on any atom is 0.419 e. The molecule has 0 bridgehead atoms. The van der Waals surface area contributed by atoms with Gasteiger partial charge in [-0.05, 0) is 92.0 Å². The average molecular weight is 462 g/mol. The predicted octanol–water partition coefficient (Wildman–Crippen LogP) is 5.21. The first-order chi connectivity index (χ1) is 15.6. The molecule has 0 spiro atoms. The summed E-state index contributed by atoms with van der Waals surface area (Å²) < 4.78 is 56.2. The van der Waals surface area contributed by atoms with Crippen LogP contribution in [0.2, 0.25) is 0 Å². The molecule has 0 radical (unpaired) electrons. The maximum absolute atomic E-state index is 13.7. The monoisotopic (exact) mass is 462 g/mol. The Kier molecular flexibility index (Phi) is 5.10. The highest BCUT2D eigenvalue weighted by Crippen LogP contribution is 2.57.